The molecule has 0 aliphatic carbocycles. The van der Waals surface area contributed by atoms with Crippen LogP contribution in [0.25, 0.3) is 0 Å². The van der Waals surface area contributed by atoms with Gasteiger partial charge in [-0.05, 0) is 31.8 Å². The van der Waals surface area contributed by atoms with E-state index in [1.165, 1.54) is 31.2 Å². The summed E-state index contributed by atoms with van der Waals surface area (Å²) < 4.78 is 0. The van der Waals surface area contributed by atoms with E-state index in [1.807, 2.05) is 11.9 Å². The number of aromatic nitrogens is 1. The lowest BCUT2D eigenvalue weighted by molar-refractivity contribution is -0.384. The molecule has 0 bridgehead atoms. The van der Waals surface area contributed by atoms with Crippen molar-refractivity contribution in [1.29, 1.82) is 0 Å². The van der Waals surface area contributed by atoms with E-state index >= 15 is 0 Å². The van der Waals surface area contributed by atoms with Gasteiger partial charge in [-0.25, -0.2) is 4.98 Å². The van der Waals surface area contributed by atoms with E-state index in [0.717, 1.165) is 19.6 Å². The number of anilines is 1. The van der Waals surface area contributed by atoms with E-state index in [4.69, 9.17) is 0 Å². The largest absolute Gasteiger partial charge is 0.359 e. The van der Waals surface area contributed by atoms with Crippen LogP contribution in [0, 0.1) is 16.0 Å². The maximum atomic E-state index is 10.7. The topological polar surface area (TPSA) is 71.3 Å². The smallest absolute Gasteiger partial charge is 0.274 e. The van der Waals surface area contributed by atoms with Crippen molar-refractivity contribution in [2.45, 2.75) is 12.8 Å². The Kier molecular flexibility index (Phi) is 4.09. The van der Waals surface area contributed by atoms with Crippen LogP contribution >= 0.6 is 0 Å². The fourth-order valence-corrected chi connectivity index (χ4v) is 2.29. The van der Waals surface area contributed by atoms with Gasteiger partial charge in [0.15, 0.2) is 0 Å². The molecule has 1 N–H and O–H groups in total. The highest BCUT2D eigenvalue weighted by molar-refractivity contribution is 5.45. The maximum Gasteiger partial charge on any atom is 0.274 e. The number of nitrogens with one attached hydrogen (secondary N) is 1. The molecular weight excluding hydrogens is 232 g/mol. The van der Waals surface area contributed by atoms with E-state index in [2.05, 4.69) is 10.3 Å². The van der Waals surface area contributed by atoms with Gasteiger partial charge in [-0.1, -0.05) is 0 Å². The maximum absolute atomic E-state index is 10.7. The minimum atomic E-state index is -0.388. The first kappa shape index (κ1) is 12.8. The Morgan fingerprint density at radius 2 is 2.50 bits per heavy atom. The first-order valence-electron chi connectivity index (χ1n) is 6.19. The molecule has 2 rings (SSSR count). The molecule has 98 valence electrons. The zero-order valence-electron chi connectivity index (χ0n) is 10.5. The van der Waals surface area contributed by atoms with Crippen LogP contribution in [0.5, 0.6) is 0 Å². The van der Waals surface area contributed by atoms with E-state index in [1.54, 1.807) is 0 Å². The first-order valence-corrected chi connectivity index (χ1v) is 6.19. The summed E-state index contributed by atoms with van der Waals surface area (Å²) in [7, 11) is 1.93. The van der Waals surface area contributed by atoms with Crippen LogP contribution in [0.2, 0.25) is 0 Å². The van der Waals surface area contributed by atoms with E-state index in [-0.39, 0.29) is 10.6 Å². The lowest BCUT2D eigenvalue weighted by atomic mass is 9.99. The molecule has 1 unspecified atom stereocenters. The Labute approximate surface area is 106 Å². The molecule has 0 spiro atoms. The molecule has 18 heavy (non-hydrogen) atoms. The average molecular weight is 250 g/mol. The van der Waals surface area contributed by atoms with Gasteiger partial charge in [0.05, 0.1) is 11.0 Å². The van der Waals surface area contributed by atoms with E-state index in [9.17, 15) is 10.1 Å². The van der Waals surface area contributed by atoms with Gasteiger partial charge >= 0.3 is 0 Å². The standard InChI is InChI=1S/C12H18N4O2/c1-15(9-10-3-2-5-13-8-10)12-7-11(16(17)18)4-6-14-12/h4,6-7,10,13H,2-3,5,8-9H2,1H3. The van der Waals surface area contributed by atoms with Gasteiger partial charge in [-0.2, -0.15) is 0 Å². The van der Waals surface area contributed by atoms with Gasteiger partial charge in [0.25, 0.3) is 5.69 Å². The normalized spacial score (nSPS) is 19.5. The van der Waals surface area contributed by atoms with Gasteiger partial charge in [-0.15, -0.1) is 0 Å². The molecule has 0 aromatic carbocycles. The molecule has 0 radical (unpaired) electrons. The summed E-state index contributed by atoms with van der Waals surface area (Å²) in [5, 5.41) is 14.1. The fraction of sp³-hybridized carbons (Fsp3) is 0.583. The van der Waals surface area contributed by atoms with Crippen LogP contribution in [0.1, 0.15) is 12.8 Å². The Bertz CT molecular complexity index is 418. The van der Waals surface area contributed by atoms with Crippen LogP contribution in [0.3, 0.4) is 0 Å². The summed E-state index contributed by atoms with van der Waals surface area (Å²) in [6, 6.07) is 2.94. The van der Waals surface area contributed by atoms with Gasteiger partial charge in [0, 0.05) is 25.9 Å². The predicted octanol–water partition coefficient (Wildman–Crippen LogP) is 1.43. The summed E-state index contributed by atoms with van der Waals surface area (Å²) in [5.41, 5.74) is 0.0913. The molecule has 1 aliphatic heterocycles. The summed E-state index contributed by atoms with van der Waals surface area (Å²) in [6.45, 7) is 2.98. The Morgan fingerprint density at radius 1 is 1.67 bits per heavy atom. The lowest BCUT2D eigenvalue weighted by Gasteiger charge is -2.28. The predicted molar refractivity (Wildman–Crippen MR) is 69.8 cm³/mol. The van der Waals surface area contributed by atoms with Crippen LogP contribution in [0.15, 0.2) is 18.3 Å². The molecule has 0 amide bonds. The summed E-state index contributed by atoms with van der Waals surface area (Å²) >= 11 is 0. The fourth-order valence-electron chi connectivity index (χ4n) is 2.29. The average Bonchev–Trinajstić information content (AvgIpc) is 2.40. The van der Waals surface area contributed by atoms with Gasteiger partial charge in [-0.3, -0.25) is 10.1 Å². The molecule has 1 saturated heterocycles. The third kappa shape index (κ3) is 3.16. The minimum absolute atomic E-state index is 0.0913. The molecule has 1 aromatic heterocycles. The number of piperidine rings is 1. The van der Waals surface area contributed by atoms with Crippen LogP contribution in [-0.4, -0.2) is 36.6 Å². The second-order valence-electron chi connectivity index (χ2n) is 4.72. The molecule has 1 atom stereocenters. The Morgan fingerprint density at radius 3 is 3.17 bits per heavy atom. The number of nitro groups is 1. The molecule has 2 heterocycles. The number of rotatable bonds is 4. The highest BCUT2D eigenvalue weighted by Crippen LogP contribution is 2.19. The van der Waals surface area contributed by atoms with Crippen LogP contribution < -0.4 is 10.2 Å². The summed E-state index contributed by atoms with van der Waals surface area (Å²) in [5.74, 6) is 1.25. The molecule has 1 aromatic rings. The van der Waals surface area contributed by atoms with E-state index < -0.39 is 0 Å². The first-order chi connectivity index (χ1) is 8.66. The van der Waals surface area contributed by atoms with Crippen molar-refractivity contribution >= 4 is 11.5 Å². The molecule has 1 aliphatic rings. The highest BCUT2D eigenvalue weighted by atomic mass is 16.6. The number of hydrogen-bond donors (Lipinski definition) is 1. The molecule has 1 fully saturated rings. The molecule has 0 saturated carbocycles. The molecular formula is C12H18N4O2. The Hall–Kier alpha value is -1.69. The third-order valence-corrected chi connectivity index (χ3v) is 3.26. The lowest BCUT2D eigenvalue weighted by Crippen LogP contribution is -2.37. The molecule has 6 nitrogen and oxygen atoms in total. The van der Waals surface area contributed by atoms with Crippen molar-refractivity contribution in [3.05, 3.63) is 28.4 Å². The number of nitrogens with zero attached hydrogens (tertiary/aromatic N) is 3. The monoisotopic (exact) mass is 250 g/mol. The Balaban J connectivity index is 2.01. The van der Waals surface area contributed by atoms with Gasteiger partial charge < -0.3 is 10.2 Å². The van der Waals surface area contributed by atoms with Crippen molar-refractivity contribution in [3.63, 3.8) is 0 Å². The van der Waals surface area contributed by atoms with Gasteiger partial charge in [0.2, 0.25) is 0 Å². The number of hydrogen-bond acceptors (Lipinski definition) is 5. The second kappa shape index (κ2) is 5.77. The van der Waals surface area contributed by atoms with Gasteiger partial charge in [0.1, 0.15) is 5.82 Å². The van der Waals surface area contributed by atoms with Crippen molar-refractivity contribution in [1.82, 2.24) is 10.3 Å². The highest BCUT2D eigenvalue weighted by Gasteiger charge is 2.17. The SMILES string of the molecule is CN(CC1CCCNC1)c1cc([N+](=O)[O-])ccn1. The molecule has 6 heteroatoms. The van der Waals surface area contributed by atoms with Crippen molar-refractivity contribution in [3.8, 4) is 0 Å². The summed E-state index contributed by atoms with van der Waals surface area (Å²) in [6.07, 6.45) is 3.89. The third-order valence-electron chi connectivity index (χ3n) is 3.26. The van der Waals surface area contributed by atoms with Crippen molar-refractivity contribution in [2.24, 2.45) is 5.92 Å². The van der Waals surface area contributed by atoms with Crippen LogP contribution in [-0.2, 0) is 0 Å². The number of pyridine rings is 1. The minimum Gasteiger partial charge on any atom is -0.359 e. The second-order valence-corrected chi connectivity index (χ2v) is 4.72. The summed E-state index contributed by atoms with van der Waals surface area (Å²) in [4.78, 5) is 16.5. The van der Waals surface area contributed by atoms with Crippen molar-refractivity contribution in [2.75, 3.05) is 31.6 Å². The van der Waals surface area contributed by atoms with Crippen LogP contribution in [0.4, 0.5) is 11.5 Å². The zero-order valence-corrected chi connectivity index (χ0v) is 10.5. The van der Waals surface area contributed by atoms with Crippen molar-refractivity contribution < 1.29 is 4.92 Å². The van der Waals surface area contributed by atoms with E-state index in [0.29, 0.717) is 11.7 Å². The zero-order chi connectivity index (χ0) is 13.0. The quantitative estimate of drug-likeness (QED) is 0.646.